The highest BCUT2D eigenvalue weighted by Crippen LogP contribution is 2.11. The van der Waals surface area contributed by atoms with E-state index in [1.165, 1.54) is 0 Å². The van der Waals surface area contributed by atoms with Gasteiger partial charge in [0.2, 0.25) is 0 Å². The molecule has 0 radical (unpaired) electrons. The van der Waals surface area contributed by atoms with E-state index in [0.29, 0.717) is 11.8 Å². The first-order valence-electron chi connectivity index (χ1n) is 6.22. The molecule has 0 heterocycles. The molecule has 0 spiro atoms. The lowest BCUT2D eigenvalue weighted by Gasteiger charge is -2.04. The molecule has 0 aliphatic carbocycles. The SMILES string of the molecule is CC(=CCC(C)C)C(=O)C(C)=CCC(C)C. The van der Waals surface area contributed by atoms with Gasteiger partial charge in [0, 0.05) is 0 Å². The summed E-state index contributed by atoms with van der Waals surface area (Å²) in [5, 5.41) is 0. The van der Waals surface area contributed by atoms with Crippen LogP contribution in [-0.2, 0) is 4.79 Å². The Kier molecular flexibility index (Phi) is 7.03. The lowest BCUT2D eigenvalue weighted by Crippen LogP contribution is -2.02. The fourth-order valence-corrected chi connectivity index (χ4v) is 1.32. The van der Waals surface area contributed by atoms with Gasteiger partial charge in [0.1, 0.15) is 0 Å². The number of allylic oxidation sites excluding steroid dienone is 4. The minimum atomic E-state index is 0.196. The number of Topliss-reactive ketones (excluding diaryl/α,β-unsaturated/α-hetero) is 1. The molecule has 0 bridgehead atoms. The number of carbonyl (C=O) groups is 1. The highest BCUT2D eigenvalue weighted by Gasteiger charge is 2.06. The number of hydrogen-bond donors (Lipinski definition) is 0. The van der Waals surface area contributed by atoms with E-state index in [1.54, 1.807) is 0 Å². The Balaban J connectivity index is 4.43. The normalized spacial score (nSPS) is 13.8. The summed E-state index contributed by atoms with van der Waals surface area (Å²) in [5.74, 6) is 1.42. The smallest absolute Gasteiger partial charge is 0.183 e. The second-order valence-corrected chi connectivity index (χ2v) is 5.36. The van der Waals surface area contributed by atoms with Crippen molar-refractivity contribution in [3.63, 3.8) is 0 Å². The van der Waals surface area contributed by atoms with Crippen LogP contribution in [0.5, 0.6) is 0 Å². The fraction of sp³-hybridized carbons (Fsp3) is 0.667. The van der Waals surface area contributed by atoms with Crippen molar-refractivity contribution in [1.82, 2.24) is 0 Å². The van der Waals surface area contributed by atoms with Crippen LogP contribution in [0.3, 0.4) is 0 Å². The molecule has 92 valence electrons. The molecule has 0 rings (SSSR count). The van der Waals surface area contributed by atoms with E-state index >= 15 is 0 Å². The lowest BCUT2D eigenvalue weighted by molar-refractivity contribution is -0.112. The zero-order valence-electron chi connectivity index (χ0n) is 11.6. The molecule has 0 aromatic rings. The topological polar surface area (TPSA) is 17.1 Å². The Morgan fingerprint density at radius 2 is 1.19 bits per heavy atom. The molecule has 0 amide bonds. The van der Waals surface area contributed by atoms with Gasteiger partial charge in [0.15, 0.2) is 5.78 Å². The first-order chi connectivity index (χ1) is 7.34. The fourth-order valence-electron chi connectivity index (χ4n) is 1.32. The summed E-state index contributed by atoms with van der Waals surface area (Å²) in [4.78, 5) is 11.9. The summed E-state index contributed by atoms with van der Waals surface area (Å²) < 4.78 is 0. The van der Waals surface area contributed by atoms with Crippen molar-refractivity contribution in [1.29, 1.82) is 0 Å². The molecule has 0 fully saturated rings. The maximum absolute atomic E-state index is 11.9. The van der Waals surface area contributed by atoms with E-state index in [1.807, 2.05) is 13.8 Å². The van der Waals surface area contributed by atoms with E-state index in [9.17, 15) is 4.79 Å². The van der Waals surface area contributed by atoms with Gasteiger partial charge < -0.3 is 0 Å². The Labute approximate surface area is 101 Å². The highest BCUT2D eigenvalue weighted by atomic mass is 16.1. The summed E-state index contributed by atoms with van der Waals surface area (Å²) >= 11 is 0. The Bertz CT molecular complexity index is 252. The van der Waals surface area contributed by atoms with Crippen LogP contribution in [0.25, 0.3) is 0 Å². The molecule has 0 N–H and O–H groups in total. The van der Waals surface area contributed by atoms with E-state index in [4.69, 9.17) is 0 Å². The summed E-state index contributed by atoms with van der Waals surface area (Å²) in [6, 6.07) is 0. The Morgan fingerprint density at radius 1 is 0.875 bits per heavy atom. The molecule has 16 heavy (non-hydrogen) atoms. The zero-order chi connectivity index (χ0) is 12.7. The summed E-state index contributed by atoms with van der Waals surface area (Å²) in [7, 11) is 0. The number of rotatable bonds is 6. The zero-order valence-corrected chi connectivity index (χ0v) is 11.6. The summed E-state index contributed by atoms with van der Waals surface area (Å²) in [6.45, 7) is 12.5. The van der Waals surface area contributed by atoms with Crippen LogP contribution in [0.2, 0.25) is 0 Å². The van der Waals surface area contributed by atoms with Crippen LogP contribution >= 0.6 is 0 Å². The maximum atomic E-state index is 11.9. The van der Waals surface area contributed by atoms with Gasteiger partial charge in [-0.15, -0.1) is 0 Å². The standard InChI is InChI=1S/C15H26O/c1-11(2)7-9-13(5)15(16)14(6)10-8-12(3)4/h9-12H,7-8H2,1-6H3. The van der Waals surface area contributed by atoms with Crippen molar-refractivity contribution < 1.29 is 4.79 Å². The first-order valence-corrected chi connectivity index (χ1v) is 6.22. The van der Waals surface area contributed by atoms with Crippen LogP contribution < -0.4 is 0 Å². The van der Waals surface area contributed by atoms with Gasteiger partial charge in [0.05, 0.1) is 0 Å². The van der Waals surface area contributed by atoms with Gasteiger partial charge >= 0.3 is 0 Å². The summed E-state index contributed by atoms with van der Waals surface area (Å²) in [5.41, 5.74) is 1.76. The maximum Gasteiger partial charge on any atom is 0.183 e. The molecule has 0 saturated heterocycles. The van der Waals surface area contributed by atoms with Crippen molar-refractivity contribution in [3.05, 3.63) is 23.3 Å². The molecular weight excluding hydrogens is 196 g/mol. The van der Waals surface area contributed by atoms with Crippen molar-refractivity contribution >= 4 is 5.78 Å². The highest BCUT2D eigenvalue weighted by molar-refractivity contribution is 6.07. The quantitative estimate of drug-likeness (QED) is 0.603. The number of carbonyl (C=O) groups excluding carboxylic acids is 1. The second kappa shape index (κ2) is 7.43. The average molecular weight is 222 g/mol. The molecule has 0 aliphatic heterocycles. The summed E-state index contributed by atoms with van der Waals surface area (Å²) in [6.07, 6.45) is 6.07. The van der Waals surface area contributed by atoms with Crippen LogP contribution in [0.1, 0.15) is 54.4 Å². The van der Waals surface area contributed by atoms with E-state index in [2.05, 4.69) is 39.8 Å². The van der Waals surface area contributed by atoms with Gasteiger partial charge in [-0.2, -0.15) is 0 Å². The van der Waals surface area contributed by atoms with Gasteiger partial charge in [-0.25, -0.2) is 0 Å². The third-order valence-corrected chi connectivity index (χ3v) is 2.51. The molecule has 1 heteroatoms. The van der Waals surface area contributed by atoms with Crippen molar-refractivity contribution in [2.24, 2.45) is 11.8 Å². The molecule has 0 aliphatic rings. The van der Waals surface area contributed by atoms with Gasteiger partial charge in [-0.1, -0.05) is 39.8 Å². The van der Waals surface area contributed by atoms with Crippen LogP contribution in [0, 0.1) is 11.8 Å². The molecule has 0 aromatic heterocycles. The average Bonchev–Trinajstić information content (AvgIpc) is 2.21. The van der Waals surface area contributed by atoms with E-state index in [-0.39, 0.29) is 5.78 Å². The van der Waals surface area contributed by atoms with Gasteiger partial charge in [0.25, 0.3) is 0 Å². The molecule has 0 unspecified atom stereocenters. The second-order valence-electron chi connectivity index (χ2n) is 5.36. The molecule has 1 nitrogen and oxygen atoms in total. The van der Waals surface area contributed by atoms with Crippen LogP contribution in [0.4, 0.5) is 0 Å². The Morgan fingerprint density at radius 3 is 1.44 bits per heavy atom. The predicted octanol–water partition coefficient (Wildman–Crippen LogP) is 4.54. The number of ketones is 1. The van der Waals surface area contributed by atoms with Crippen LogP contribution in [-0.4, -0.2) is 5.78 Å². The van der Waals surface area contributed by atoms with E-state index < -0.39 is 0 Å². The molecule has 0 atom stereocenters. The van der Waals surface area contributed by atoms with Crippen molar-refractivity contribution in [2.75, 3.05) is 0 Å². The predicted molar refractivity (Wildman–Crippen MR) is 71.4 cm³/mol. The minimum Gasteiger partial charge on any atom is -0.289 e. The van der Waals surface area contributed by atoms with Gasteiger partial charge in [-0.3, -0.25) is 4.79 Å². The van der Waals surface area contributed by atoms with Crippen LogP contribution in [0.15, 0.2) is 23.3 Å². The van der Waals surface area contributed by atoms with Crippen molar-refractivity contribution in [2.45, 2.75) is 54.4 Å². The molecule has 0 saturated carbocycles. The largest absolute Gasteiger partial charge is 0.289 e. The lowest BCUT2D eigenvalue weighted by atomic mass is 10.00. The Hall–Kier alpha value is -0.850. The molecule has 0 aromatic carbocycles. The third kappa shape index (κ3) is 6.60. The monoisotopic (exact) mass is 222 g/mol. The number of hydrogen-bond acceptors (Lipinski definition) is 1. The van der Waals surface area contributed by atoms with Crippen molar-refractivity contribution in [3.8, 4) is 0 Å². The third-order valence-electron chi connectivity index (χ3n) is 2.51. The first kappa shape index (κ1) is 15.2. The van der Waals surface area contributed by atoms with E-state index in [0.717, 1.165) is 24.0 Å². The van der Waals surface area contributed by atoms with Gasteiger partial charge in [-0.05, 0) is 49.7 Å². The molecular formula is C15H26O. The minimum absolute atomic E-state index is 0.196.